The van der Waals surface area contributed by atoms with Crippen LogP contribution in [0, 0.1) is 0 Å². The molecule has 0 saturated carbocycles. The van der Waals surface area contributed by atoms with E-state index in [2.05, 4.69) is 4.90 Å². The minimum absolute atomic E-state index is 0.192. The number of likely N-dealkylation sites (tertiary alicyclic amines) is 1. The molecule has 1 saturated heterocycles. The van der Waals surface area contributed by atoms with Crippen molar-refractivity contribution in [3.8, 4) is 0 Å². The lowest BCUT2D eigenvalue weighted by Crippen LogP contribution is -2.55. The molecular formula is C11H21NO3. The van der Waals surface area contributed by atoms with E-state index in [0.29, 0.717) is 0 Å². The number of aliphatic hydroxyl groups is 1. The van der Waals surface area contributed by atoms with Gasteiger partial charge < -0.3 is 10.2 Å². The number of carboxylic acids is 1. The van der Waals surface area contributed by atoms with Gasteiger partial charge in [0.15, 0.2) is 0 Å². The maximum Gasteiger partial charge on any atom is 0.323 e. The van der Waals surface area contributed by atoms with Gasteiger partial charge in [0, 0.05) is 6.61 Å². The number of hydrogen-bond donors (Lipinski definition) is 2. The first-order chi connectivity index (χ1) is 7.11. The van der Waals surface area contributed by atoms with Gasteiger partial charge in [-0.25, -0.2) is 0 Å². The van der Waals surface area contributed by atoms with E-state index < -0.39 is 11.5 Å². The van der Waals surface area contributed by atoms with Gasteiger partial charge in [-0.15, -0.1) is 0 Å². The summed E-state index contributed by atoms with van der Waals surface area (Å²) in [6.45, 7) is 3.66. The molecule has 0 aromatic rings. The van der Waals surface area contributed by atoms with Gasteiger partial charge in [-0.3, -0.25) is 9.69 Å². The molecule has 4 nitrogen and oxygen atoms in total. The van der Waals surface area contributed by atoms with Crippen molar-refractivity contribution >= 4 is 5.97 Å². The van der Waals surface area contributed by atoms with E-state index in [4.69, 9.17) is 5.11 Å². The highest BCUT2D eigenvalue weighted by Crippen LogP contribution is 2.28. The van der Waals surface area contributed by atoms with Crippen molar-refractivity contribution in [2.45, 2.75) is 44.6 Å². The summed E-state index contributed by atoms with van der Waals surface area (Å²) in [4.78, 5) is 13.3. The van der Waals surface area contributed by atoms with Gasteiger partial charge in [0.25, 0.3) is 0 Å². The van der Waals surface area contributed by atoms with Gasteiger partial charge in [0.2, 0.25) is 0 Å². The molecular weight excluding hydrogens is 194 g/mol. The SMILES string of the molecule is CC1(C(=O)O)CCCCN1CCCCO. The Hall–Kier alpha value is -0.610. The van der Waals surface area contributed by atoms with Crippen molar-refractivity contribution in [3.63, 3.8) is 0 Å². The number of aliphatic carboxylic acids is 1. The van der Waals surface area contributed by atoms with Gasteiger partial charge in [-0.1, -0.05) is 0 Å². The Balaban J connectivity index is 2.53. The standard InChI is InChI=1S/C11H21NO3/c1-11(10(14)15)6-2-3-7-12(11)8-4-5-9-13/h13H,2-9H2,1H3,(H,14,15). The first kappa shape index (κ1) is 12.5. The number of carboxylic acid groups (broad SMARTS) is 1. The van der Waals surface area contributed by atoms with E-state index in [9.17, 15) is 9.90 Å². The van der Waals surface area contributed by atoms with Crippen molar-refractivity contribution < 1.29 is 15.0 Å². The fourth-order valence-electron chi connectivity index (χ4n) is 2.19. The third-order valence-electron chi connectivity index (χ3n) is 3.34. The maximum atomic E-state index is 11.2. The van der Waals surface area contributed by atoms with Gasteiger partial charge in [-0.2, -0.15) is 0 Å². The zero-order valence-electron chi connectivity index (χ0n) is 9.41. The van der Waals surface area contributed by atoms with Gasteiger partial charge >= 0.3 is 5.97 Å². The molecule has 4 heteroatoms. The zero-order chi connectivity index (χ0) is 11.3. The quantitative estimate of drug-likeness (QED) is 0.674. The third kappa shape index (κ3) is 2.92. The molecule has 1 unspecified atom stereocenters. The molecule has 0 amide bonds. The first-order valence-corrected chi connectivity index (χ1v) is 5.70. The average Bonchev–Trinajstić information content (AvgIpc) is 2.21. The fraction of sp³-hybridized carbons (Fsp3) is 0.909. The van der Waals surface area contributed by atoms with Crippen LogP contribution in [0.15, 0.2) is 0 Å². The highest BCUT2D eigenvalue weighted by atomic mass is 16.4. The second-order valence-corrected chi connectivity index (χ2v) is 4.45. The Labute approximate surface area is 90.9 Å². The van der Waals surface area contributed by atoms with Crippen LogP contribution < -0.4 is 0 Å². The van der Waals surface area contributed by atoms with Crippen molar-refractivity contribution in [3.05, 3.63) is 0 Å². The van der Waals surface area contributed by atoms with Crippen molar-refractivity contribution in [1.29, 1.82) is 0 Å². The van der Waals surface area contributed by atoms with Crippen LogP contribution in [0.3, 0.4) is 0 Å². The summed E-state index contributed by atoms with van der Waals surface area (Å²) in [7, 11) is 0. The molecule has 1 rings (SSSR count). The summed E-state index contributed by atoms with van der Waals surface area (Å²) in [6, 6.07) is 0. The lowest BCUT2D eigenvalue weighted by molar-refractivity contribution is -0.152. The molecule has 1 aliphatic rings. The molecule has 1 aliphatic heterocycles. The summed E-state index contributed by atoms with van der Waals surface area (Å²) in [5, 5.41) is 17.9. The monoisotopic (exact) mass is 215 g/mol. The summed E-state index contributed by atoms with van der Waals surface area (Å²) >= 11 is 0. The molecule has 1 fully saturated rings. The van der Waals surface area contributed by atoms with Crippen LogP contribution in [0.5, 0.6) is 0 Å². The van der Waals surface area contributed by atoms with E-state index in [1.54, 1.807) is 0 Å². The Kier molecular flexibility index (Phi) is 4.54. The summed E-state index contributed by atoms with van der Waals surface area (Å²) in [6.07, 6.45) is 4.45. The van der Waals surface area contributed by atoms with E-state index in [1.165, 1.54) is 0 Å². The smallest absolute Gasteiger partial charge is 0.323 e. The van der Waals surface area contributed by atoms with Crippen LogP contribution >= 0.6 is 0 Å². The van der Waals surface area contributed by atoms with E-state index in [0.717, 1.165) is 45.2 Å². The second-order valence-electron chi connectivity index (χ2n) is 4.45. The van der Waals surface area contributed by atoms with Crippen LogP contribution in [0.2, 0.25) is 0 Å². The largest absolute Gasteiger partial charge is 0.480 e. The Bertz CT molecular complexity index is 220. The molecule has 0 aromatic carbocycles. The van der Waals surface area contributed by atoms with Gasteiger partial charge in [0.1, 0.15) is 5.54 Å². The summed E-state index contributed by atoms with van der Waals surface area (Å²) in [5.74, 6) is -0.716. The molecule has 0 aromatic heterocycles. The molecule has 0 aliphatic carbocycles. The van der Waals surface area contributed by atoms with Crippen LogP contribution in [0.4, 0.5) is 0 Å². The Morgan fingerprint density at radius 1 is 1.40 bits per heavy atom. The third-order valence-corrected chi connectivity index (χ3v) is 3.34. The van der Waals surface area contributed by atoms with Crippen LogP contribution in [-0.4, -0.2) is 46.3 Å². The second kappa shape index (κ2) is 5.47. The molecule has 1 atom stereocenters. The molecule has 15 heavy (non-hydrogen) atoms. The minimum Gasteiger partial charge on any atom is -0.480 e. The van der Waals surface area contributed by atoms with Crippen LogP contribution in [-0.2, 0) is 4.79 Å². The number of nitrogens with zero attached hydrogens (tertiary/aromatic N) is 1. The van der Waals surface area contributed by atoms with Crippen molar-refractivity contribution in [1.82, 2.24) is 4.90 Å². The van der Waals surface area contributed by atoms with E-state index >= 15 is 0 Å². The molecule has 1 heterocycles. The van der Waals surface area contributed by atoms with Crippen molar-refractivity contribution in [2.75, 3.05) is 19.7 Å². The Morgan fingerprint density at radius 3 is 2.73 bits per heavy atom. The fourth-order valence-corrected chi connectivity index (χ4v) is 2.19. The lowest BCUT2D eigenvalue weighted by atomic mass is 9.88. The normalized spacial score (nSPS) is 27.9. The van der Waals surface area contributed by atoms with Gasteiger partial charge in [-0.05, 0) is 52.1 Å². The predicted molar refractivity (Wildman–Crippen MR) is 57.8 cm³/mol. The number of rotatable bonds is 5. The lowest BCUT2D eigenvalue weighted by Gasteiger charge is -2.41. The zero-order valence-corrected chi connectivity index (χ0v) is 9.41. The van der Waals surface area contributed by atoms with Crippen LogP contribution in [0.1, 0.15) is 39.0 Å². The molecule has 0 bridgehead atoms. The topological polar surface area (TPSA) is 60.8 Å². The van der Waals surface area contributed by atoms with Crippen LogP contribution in [0.25, 0.3) is 0 Å². The number of piperidine rings is 1. The van der Waals surface area contributed by atoms with E-state index in [1.807, 2.05) is 6.92 Å². The van der Waals surface area contributed by atoms with E-state index in [-0.39, 0.29) is 6.61 Å². The number of aliphatic hydroxyl groups excluding tert-OH is 1. The summed E-state index contributed by atoms with van der Waals surface area (Å²) in [5.41, 5.74) is -0.687. The average molecular weight is 215 g/mol. The number of unbranched alkanes of at least 4 members (excludes halogenated alkanes) is 1. The highest BCUT2D eigenvalue weighted by Gasteiger charge is 2.40. The first-order valence-electron chi connectivity index (χ1n) is 5.70. The Morgan fingerprint density at radius 2 is 2.13 bits per heavy atom. The van der Waals surface area contributed by atoms with Crippen molar-refractivity contribution in [2.24, 2.45) is 0 Å². The molecule has 0 radical (unpaired) electrons. The molecule has 2 N–H and O–H groups in total. The van der Waals surface area contributed by atoms with Gasteiger partial charge in [0.05, 0.1) is 0 Å². The number of hydrogen-bond acceptors (Lipinski definition) is 3. The molecule has 88 valence electrons. The minimum atomic E-state index is -0.716. The number of carbonyl (C=O) groups is 1. The predicted octanol–water partition coefficient (Wildman–Crippen LogP) is 1.09. The maximum absolute atomic E-state index is 11.2. The summed E-state index contributed by atoms with van der Waals surface area (Å²) < 4.78 is 0. The molecule has 0 spiro atoms. The highest BCUT2D eigenvalue weighted by molar-refractivity contribution is 5.78.